The zero-order valence-electron chi connectivity index (χ0n) is 14.6. The molecule has 0 radical (unpaired) electrons. The number of methoxy groups -OCH3 is 1. The Bertz CT molecular complexity index is 835. The molecule has 2 aromatic carbocycles. The van der Waals surface area contributed by atoms with Crippen LogP contribution in [0.25, 0.3) is 0 Å². The maximum Gasteiger partial charge on any atom is 0.333 e. The van der Waals surface area contributed by atoms with Gasteiger partial charge in [-0.15, -0.1) is 0 Å². The number of benzene rings is 2. The van der Waals surface area contributed by atoms with E-state index >= 15 is 0 Å². The summed E-state index contributed by atoms with van der Waals surface area (Å²) in [5, 5.41) is 2.70. The Morgan fingerprint density at radius 3 is 2.38 bits per heavy atom. The Morgan fingerprint density at radius 2 is 1.73 bits per heavy atom. The third-order valence-electron chi connectivity index (χ3n) is 4.55. The second kappa shape index (κ2) is 7.39. The van der Waals surface area contributed by atoms with Gasteiger partial charge in [-0.1, -0.05) is 48.5 Å². The van der Waals surface area contributed by atoms with Crippen LogP contribution in [-0.4, -0.2) is 35.8 Å². The second-order valence-electron chi connectivity index (χ2n) is 6.14. The fourth-order valence-corrected chi connectivity index (χ4v) is 3.04. The van der Waals surface area contributed by atoms with Gasteiger partial charge in [-0.3, -0.25) is 9.59 Å². The van der Waals surface area contributed by atoms with E-state index in [2.05, 4.69) is 5.32 Å². The quantitative estimate of drug-likeness (QED) is 0.836. The third kappa shape index (κ3) is 3.31. The molecule has 0 saturated carbocycles. The van der Waals surface area contributed by atoms with E-state index in [9.17, 15) is 14.4 Å². The molecular formula is C20H20N2O4. The molecule has 0 fully saturated rings. The molecule has 0 saturated heterocycles. The number of amides is 2. The summed E-state index contributed by atoms with van der Waals surface area (Å²) in [7, 11) is 1.27. The number of hydrogen-bond acceptors (Lipinski definition) is 4. The Labute approximate surface area is 151 Å². The van der Waals surface area contributed by atoms with Crippen molar-refractivity contribution in [1.29, 1.82) is 0 Å². The van der Waals surface area contributed by atoms with Crippen molar-refractivity contribution >= 4 is 17.8 Å². The Kier molecular flexibility index (Phi) is 5.02. The summed E-state index contributed by atoms with van der Waals surface area (Å²) in [5.74, 6) is -1.16. The summed E-state index contributed by atoms with van der Waals surface area (Å²) in [5.41, 5.74) is 2.13. The predicted octanol–water partition coefficient (Wildman–Crippen LogP) is 2.06. The van der Waals surface area contributed by atoms with E-state index < -0.39 is 24.0 Å². The molecule has 2 atom stereocenters. The number of carbonyl (C=O) groups is 3. The number of ether oxygens (including phenoxy) is 1. The first-order valence-corrected chi connectivity index (χ1v) is 8.35. The lowest BCUT2D eigenvalue weighted by atomic mass is 10.1. The van der Waals surface area contributed by atoms with Gasteiger partial charge in [0.15, 0.2) is 6.04 Å². The normalized spacial score (nSPS) is 15.2. The monoisotopic (exact) mass is 352 g/mol. The minimum Gasteiger partial charge on any atom is -0.467 e. The van der Waals surface area contributed by atoms with Crippen LogP contribution in [0.1, 0.15) is 34.5 Å². The van der Waals surface area contributed by atoms with Crippen LogP contribution in [-0.2, 0) is 20.9 Å². The molecule has 0 spiro atoms. The minimum atomic E-state index is -0.920. The van der Waals surface area contributed by atoms with Gasteiger partial charge in [-0.25, -0.2) is 4.79 Å². The average molecular weight is 352 g/mol. The molecule has 2 aromatic rings. The van der Waals surface area contributed by atoms with Gasteiger partial charge >= 0.3 is 5.97 Å². The predicted molar refractivity (Wildman–Crippen MR) is 95.1 cm³/mol. The van der Waals surface area contributed by atoms with Gasteiger partial charge in [0.1, 0.15) is 6.04 Å². The summed E-state index contributed by atoms with van der Waals surface area (Å²) in [6, 6.07) is 14.5. The molecule has 3 rings (SSSR count). The summed E-state index contributed by atoms with van der Waals surface area (Å²) in [6.45, 7) is 2.02. The van der Waals surface area contributed by atoms with E-state index in [0.717, 1.165) is 5.56 Å². The van der Waals surface area contributed by atoms with Crippen LogP contribution in [0, 0.1) is 0 Å². The first-order chi connectivity index (χ1) is 12.5. The lowest BCUT2D eigenvalue weighted by Gasteiger charge is -2.25. The van der Waals surface area contributed by atoms with Gasteiger partial charge in [0.25, 0.3) is 5.91 Å². The molecule has 0 aliphatic carbocycles. The molecule has 2 unspecified atom stereocenters. The Morgan fingerprint density at radius 1 is 1.08 bits per heavy atom. The molecule has 1 heterocycles. The molecule has 1 aliphatic heterocycles. The largest absolute Gasteiger partial charge is 0.467 e. The molecule has 26 heavy (non-hydrogen) atoms. The molecule has 6 nitrogen and oxygen atoms in total. The van der Waals surface area contributed by atoms with Gasteiger partial charge in [-0.2, -0.15) is 0 Å². The SMILES string of the molecule is COC(=O)C(NC(=O)C(C)N1Cc2ccccc2C1=O)c1ccccc1. The number of nitrogens with zero attached hydrogens (tertiary/aromatic N) is 1. The van der Waals surface area contributed by atoms with Crippen LogP contribution in [0.2, 0.25) is 0 Å². The molecule has 0 aromatic heterocycles. The summed E-state index contributed by atoms with van der Waals surface area (Å²) in [4.78, 5) is 38.9. The number of rotatable bonds is 5. The smallest absolute Gasteiger partial charge is 0.333 e. The highest BCUT2D eigenvalue weighted by Gasteiger charge is 2.35. The maximum atomic E-state index is 12.7. The lowest BCUT2D eigenvalue weighted by molar-refractivity contribution is -0.145. The number of esters is 1. The van der Waals surface area contributed by atoms with E-state index in [1.54, 1.807) is 43.3 Å². The number of carbonyl (C=O) groups excluding carboxylic acids is 3. The van der Waals surface area contributed by atoms with Crippen molar-refractivity contribution in [3.8, 4) is 0 Å². The number of fused-ring (bicyclic) bond motifs is 1. The highest BCUT2D eigenvalue weighted by atomic mass is 16.5. The molecule has 0 bridgehead atoms. The highest BCUT2D eigenvalue weighted by Crippen LogP contribution is 2.25. The molecule has 6 heteroatoms. The molecular weight excluding hydrogens is 332 g/mol. The summed E-state index contributed by atoms with van der Waals surface area (Å²) in [6.07, 6.45) is 0. The zero-order chi connectivity index (χ0) is 18.7. The lowest BCUT2D eigenvalue weighted by Crippen LogP contribution is -2.47. The molecule has 2 amide bonds. The summed E-state index contributed by atoms with van der Waals surface area (Å²) < 4.78 is 4.81. The first-order valence-electron chi connectivity index (χ1n) is 8.35. The molecule has 1 aliphatic rings. The average Bonchev–Trinajstić information content (AvgIpc) is 3.02. The van der Waals surface area contributed by atoms with Crippen LogP contribution < -0.4 is 5.32 Å². The van der Waals surface area contributed by atoms with E-state index in [1.165, 1.54) is 12.0 Å². The zero-order valence-corrected chi connectivity index (χ0v) is 14.6. The molecule has 134 valence electrons. The number of hydrogen-bond donors (Lipinski definition) is 1. The fourth-order valence-electron chi connectivity index (χ4n) is 3.04. The fraction of sp³-hybridized carbons (Fsp3) is 0.250. The van der Waals surface area contributed by atoms with Crippen molar-refractivity contribution in [2.24, 2.45) is 0 Å². The standard InChI is InChI=1S/C20H20N2O4/c1-13(22-12-15-10-6-7-11-16(15)19(22)24)18(23)21-17(20(25)26-2)14-8-4-3-5-9-14/h3-11,13,17H,12H2,1-2H3,(H,21,23). The van der Waals surface area contributed by atoms with Gasteiger partial charge < -0.3 is 15.0 Å². The highest BCUT2D eigenvalue weighted by molar-refractivity contribution is 6.01. The topological polar surface area (TPSA) is 75.7 Å². The summed E-state index contributed by atoms with van der Waals surface area (Å²) >= 11 is 0. The van der Waals surface area contributed by atoms with Crippen LogP contribution in [0.4, 0.5) is 0 Å². The van der Waals surface area contributed by atoms with Crippen LogP contribution in [0.5, 0.6) is 0 Å². The van der Waals surface area contributed by atoms with E-state index in [-0.39, 0.29) is 5.91 Å². The van der Waals surface area contributed by atoms with Crippen molar-refractivity contribution in [1.82, 2.24) is 10.2 Å². The van der Waals surface area contributed by atoms with Crippen molar-refractivity contribution in [3.63, 3.8) is 0 Å². The Balaban J connectivity index is 1.76. The van der Waals surface area contributed by atoms with Gasteiger partial charge in [0.2, 0.25) is 5.91 Å². The Hall–Kier alpha value is -3.15. The van der Waals surface area contributed by atoms with Gasteiger partial charge in [0, 0.05) is 12.1 Å². The number of nitrogens with one attached hydrogen (secondary N) is 1. The van der Waals surface area contributed by atoms with Crippen molar-refractivity contribution < 1.29 is 19.1 Å². The van der Waals surface area contributed by atoms with Gasteiger partial charge in [0.05, 0.1) is 7.11 Å². The van der Waals surface area contributed by atoms with E-state index in [4.69, 9.17) is 4.74 Å². The van der Waals surface area contributed by atoms with Crippen molar-refractivity contribution in [2.75, 3.05) is 7.11 Å². The minimum absolute atomic E-state index is 0.183. The van der Waals surface area contributed by atoms with E-state index in [1.807, 2.05) is 18.2 Å². The third-order valence-corrected chi connectivity index (χ3v) is 4.55. The molecule has 1 N–H and O–H groups in total. The van der Waals surface area contributed by atoms with E-state index in [0.29, 0.717) is 17.7 Å². The van der Waals surface area contributed by atoms with Crippen molar-refractivity contribution in [3.05, 3.63) is 71.3 Å². The van der Waals surface area contributed by atoms with Gasteiger partial charge in [-0.05, 0) is 24.1 Å². The first kappa shape index (κ1) is 17.7. The van der Waals surface area contributed by atoms with Crippen molar-refractivity contribution in [2.45, 2.75) is 25.6 Å². The second-order valence-corrected chi connectivity index (χ2v) is 6.14. The maximum absolute atomic E-state index is 12.7. The van der Waals surface area contributed by atoms with Crippen LogP contribution >= 0.6 is 0 Å². The van der Waals surface area contributed by atoms with Crippen LogP contribution in [0.15, 0.2) is 54.6 Å². The van der Waals surface area contributed by atoms with Crippen LogP contribution in [0.3, 0.4) is 0 Å².